The van der Waals surface area contributed by atoms with Gasteiger partial charge in [-0.1, -0.05) is 17.7 Å². The second-order valence-electron chi connectivity index (χ2n) is 6.07. The number of carboxylic acid groups (broad SMARTS) is 1. The number of hydrogen-bond acceptors (Lipinski definition) is 4. The van der Waals surface area contributed by atoms with E-state index in [4.69, 9.17) is 21.4 Å². The maximum atomic E-state index is 14.5. The Morgan fingerprint density at radius 3 is 2.57 bits per heavy atom. The van der Waals surface area contributed by atoms with Gasteiger partial charge < -0.3 is 14.4 Å². The fraction of sp³-hybridized carbons (Fsp3) is 0.150. The summed E-state index contributed by atoms with van der Waals surface area (Å²) in [6.45, 7) is 1.69. The van der Waals surface area contributed by atoms with Crippen LogP contribution in [0.25, 0.3) is 11.3 Å². The minimum Gasteiger partial charge on any atom is -0.496 e. The van der Waals surface area contributed by atoms with Crippen molar-refractivity contribution in [1.29, 1.82) is 0 Å². The molecule has 0 spiro atoms. The number of ketones is 1. The number of carbonyl (C=O) groups excluding carboxylic acids is 1. The van der Waals surface area contributed by atoms with Crippen molar-refractivity contribution in [1.82, 2.24) is 9.55 Å². The predicted molar refractivity (Wildman–Crippen MR) is 102 cm³/mol. The minimum atomic E-state index is -1.23. The van der Waals surface area contributed by atoms with Gasteiger partial charge in [0, 0.05) is 18.3 Å². The van der Waals surface area contributed by atoms with E-state index in [0.29, 0.717) is 11.4 Å². The summed E-state index contributed by atoms with van der Waals surface area (Å²) in [4.78, 5) is 28.4. The highest BCUT2D eigenvalue weighted by atomic mass is 35.5. The first kappa shape index (κ1) is 19.6. The molecule has 0 bridgehead atoms. The van der Waals surface area contributed by atoms with Gasteiger partial charge in [-0.25, -0.2) is 14.2 Å². The minimum absolute atomic E-state index is 0.0561. The SMILES string of the molecule is COc1cccc(Cl)c1C(=O)c1nc(-c2ccc(C(=O)O)cc2F)c(C)n1C. The molecule has 0 fully saturated rings. The van der Waals surface area contributed by atoms with Gasteiger partial charge in [-0.3, -0.25) is 4.79 Å². The van der Waals surface area contributed by atoms with Crippen LogP contribution in [-0.4, -0.2) is 33.5 Å². The van der Waals surface area contributed by atoms with E-state index in [1.165, 1.54) is 23.8 Å². The number of carbonyl (C=O) groups is 2. The summed E-state index contributed by atoms with van der Waals surface area (Å²) in [6, 6.07) is 8.38. The van der Waals surface area contributed by atoms with Crippen molar-refractivity contribution in [3.63, 3.8) is 0 Å². The van der Waals surface area contributed by atoms with Crippen molar-refractivity contribution in [2.75, 3.05) is 7.11 Å². The number of imidazole rings is 1. The smallest absolute Gasteiger partial charge is 0.335 e. The number of aromatic nitrogens is 2. The van der Waals surface area contributed by atoms with Crippen LogP contribution in [0.3, 0.4) is 0 Å². The van der Waals surface area contributed by atoms with E-state index in [0.717, 1.165) is 6.07 Å². The molecule has 0 amide bonds. The van der Waals surface area contributed by atoms with Gasteiger partial charge in [-0.15, -0.1) is 0 Å². The molecule has 0 unspecified atom stereocenters. The van der Waals surface area contributed by atoms with Gasteiger partial charge in [-0.2, -0.15) is 0 Å². The lowest BCUT2D eigenvalue weighted by atomic mass is 10.1. The van der Waals surface area contributed by atoms with Crippen LogP contribution in [-0.2, 0) is 7.05 Å². The molecule has 3 aromatic rings. The van der Waals surface area contributed by atoms with Gasteiger partial charge >= 0.3 is 5.97 Å². The lowest BCUT2D eigenvalue weighted by molar-refractivity contribution is 0.0696. The van der Waals surface area contributed by atoms with E-state index in [1.807, 2.05) is 0 Å². The topological polar surface area (TPSA) is 81.4 Å². The number of halogens is 2. The quantitative estimate of drug-likeness (QED) is 0.649. The Morgan fingerprint density at radius 1 is 1.25 bits per heavy atom. The van der Waals surface area contributed by atoms with Gasteiger partial charge in [-0.05, 0) is 37.3 Å². The molecule has 0 saturated carbocycles. The van der Waals surface area contributed by atoms with E-state index in [9.17, 15) is 14.0 Å². The van der Waals surface area contributed by atoms with Crippen LogP contribution in [0.15, 0.2) is 36.4 Å². The zero-order chi connectivity index (χ0) is 20.6. The average Bonchev–Trinajstić information content (AvgIpc) is 2.96. The van der Waals surface area contributed by atoms with Gasteiger partial charge in [0.05, 0.1) is 29.0 Å². The standard InChI is InChI=1S/C20H16ClFN2O4/c1-10-17(12-8-7-11(20(26)27)9-14(12)22)23-19(24(10)2)18(25)16-13(21)5-4-6-15(16)28-3/h4-9H,1-3H3,(H,26,27). The van der Waals surface area contributed by atoms with Crippen LogP contribution in [0, 0.1) is 12.7 Å². The molecule has 0 aliphatic carbocycles. The molecule has 8 heteroatoms. The number of ether oxygens (including phenoxy) is 1. The van der Waals surface area contributed by atoms with Crippen LogP contribution in [0.2, 0.25) is 5.02 Å². The molecule has 6 nitrogen and oxygen atoms in total. The fourth-order valence-corrected chi connectivity index (χ4v) is 3.14. The fourth-order valence-electron chi connectivity index (χ4n) is 2.88. The number of carboxylic acids is 1. The molecule has 0 aliphatic rings. The molecule has 0 aliphatic heterocycles. The summed E-state index contributed by atoms with van der Waals surface area (Å²) >= 11 is 6.19. The molecule has 0 radical (unpaired) electrons. The average molecular weight is 403 g/mol. The van der Waals surface area contributed by atoms with E-state index in [-0.39, 0.29) is 33.2 Å². The Balaban J connectivity index is 2.13. The maximum Gasteiger partial charge on any atom is 0.335 e. The summed E-state index contributed by atoms with van der Waals surface area (Å²) in [5, 5.41) is 9.20. The van der Waals surface area contributed by atoms with Crippen molar-refractivity contribution in [2.45, 2.75) is 6.92 Å². The largest absolute Gasteiger partial charge is 0.496 e. The zero-order valence-electron chi connectivity index (χ0n) is 15.3. The van der Waals surface area contributed by atoms with Crippen LogP contribution >= 0.6 is 11.6 Å². The molecule has 28 heavy (non-hydrogen) atoms. The van der Waals surface area contributed by atoms with E-state index >= 15 is 0 Å². The number of rotatable bonds is 5. The molecule has 0 saturated heterocycles. The predicted octanol–water partition coefficient (Wildman–Crippen LogP) is 4.13. The Labute approximate surface area is 165 Å². The molecule has 0 atom stereocenters. The molecular formula is C20H16ClFN2O4. The summed E-state index contributed by atoms with van der Waals surface area (Å²) in [7, 11) is 3.06. The highest BCUT2D eigenvalue weighted by Crippen LogP contribution is 2.31. The van der Waals surface area contributed by atoms with Crippen molar-refractivity contribution < 1.29 is 23.8 Å². The van der Waals surface area contributed by atoms with Crippen molar-refractivity contribution in [3.8, 4) is 17.0 Å². The number of benzene rings is 2. The molecule has 3 rings (SSSR count). The van der Waals surface area contributed by atoms with Gasteiger partial charge in [0.15, 0.2) is 5.82 Å². The first-order valence-corrected chi connectivity index (χ1v) is 8.57. The molecule has 1 N–H and O–H groups in total. The normalized spacial score (nSPS) is 10.8. The second kappa shape index (κ2) is 7.44. The Hall–Kier alpha value is -3.19. The Morgan fingerprint density at radius 2 is 1.96 bits per heavy atom. The van der Waals surface area contributed by atoms with E-state index in [2.05, 4.69) is 4.98 Å². The van der Waals surface area contributed by atoms with Gasteiger partial charge in [0.1, 0.15) is 11.6 Å². The lowest BCUT2D eigenvalue weighted by Gasteiger charge is -2.09. The molecule has 144 valence electrons. The van der Waals surface area contributed by atoms with Gasteiger partial charge in [0.25, 0.3) is 0 Å². The molecule has 1 heterocycles. The van der Waals surface area contributed by atoms with Crippen molar-refractivity contribution in [2.24, 2.45) is 7.05 Å². The lowest BCUT2D eigenvalue weighted by Crippen LogP contribution is -2.11. The summed E-state index contributed by atoms with van der Waals surface area (Å²) in [5.74, 6) is -2.08. The summed E-state index contributed by atoms with van der Waals surface area (Å²) in [6.07, 6.45) is 0. The summed E-state index contributed by atoms with van der Waals surface area (Å²) < 4.78 is 21.2. The first-order valence-electron chi connectivity index (χ1n) is 8.20. The Kier molecular flexibility index (Phi) is 5.20. The third kappa shape index (κ3) is 3.25. The van der Waals surface area contributed by atoms with Gasteiger partial charge in [0.2, 0.25) is 5.78 Å². The zero-order valence-corrected chi connectivity index (χ0v) is 16.0. The van der Waals surface area contributed by atoms with Crippen molar-refractivity contribution in [3.05, 3.63) is 69.9 Å². The van der Waals surface area contributed by atoms with Crippen LogP contribution < -0.4 is 4.74 Å². The van der Waals surface area contributed by atoms with E-state index < -0.39 is 17.6 Å². The first-order chi connectivity index (χ1) is 13.3. The monoisotopic (exact) mass is 402 g/mol. The number of methoxy groups -OCH3 is 1. The molecule has 1 aromatic heterocycles. The highest BCUT2D eigenvalue weighted by molar-refractivity contribution is 6.35. The maximum absolute atomic E-state index is 14.5. The summed E-state index contributed by atoms with van der Waals surface area (Å²) in [5.41, 5.74) is 0.867. The number of hydrogen-bond donors (Lipinski definition) is 1. The highest BCUT2D eigenvalue weighted by Gasteiger charge is 2.25. The van der Waals surface area contributed by atoms with Crippen molar-refractivity contribution >= 4 is 23.4 Å². The third-order valence-electron chi connectivity index (χ3n) is 4.48. The number of aromatic carboxylic acids is 1. The molecular weight excluding hydrogens is 387 g/mol. The number of nitrogens with zero attached hydrogens (tertiary/aromatic N) is 2. The van der Waals surface area contributed by atoms with Crippen LogP contribution in [0.4, 0.5) is 4.39 Å². The van der Waals surface area contributed by atoms with Crippen LogP contribution in [0.1, 0.15) is 32.2 Å². The molecule has 2 aromatic carbocycles. The second-order valence-corrected chi connectivity index (χ2v) is 6.48. The third-order valence-corrected chi connectivity index (χ3v) is 4.79. The Bertz CT molecular complexity index is 1110. The van der Waals surface area contributed by atoms with E-state index in [1.54, 1.807) is 32.2 Å². The van der Waals surface area contributed by atoms with Crippen LogP contribution in [0.5, 0.6) is 5.75 Å².